The first kappa shape index (κ1) is 13.1. The summed E-state index contributed by atoms with van der Waals surface area (Å²) < 4.78 is 5.53. The molecule has 2 heterocycles. The molecule has 0 amide bonds. The molecule has 1 aliphatic rings. The second kappa shape index (κ2) is 6.06. The molecule has 1 N–H and O–H groups in total. The van der Waals surface area contributed by atoms with E-state index in [0.29, 0.717) is 0 Å². The predicted molar refractivity (Wildman–Crippen MR) is 80.0 cm³/mol. The van der Waals surface area contributed by atoms with E-state index in [1.54, 1.807) is 0 Å². The molecular formula is C17H20N2O. The van der Waals surface area contributed by atoms with Crippen molar-refractivity contribution in [3.05, 3.63) is 58.9 Å². The Bertz CT molecular complexity index is 595. The van der Waals surface area contributed by atoms with E-state index in [9.17, 15) is 0 Å². The fraction of sp³-hybridized carbons (Fsp3) is 0.353. The van der Waals surface area contributed by atoms with Crippen molar-refractivity contribution in [3.8, 4) is 5.75 Å². The lowest BCUT2D eigenvalue weighted by atomic mass is 10.1. The van der Waals surface area contributed by atoms with Gasteiger partial charge >= 0.3 is 0 Å². The smallest absolute Gasteiger partial charge is 0.122 e. The number of aromatic nitrogens is 1. The van der Waals surface area contributed by atoms with Gasteiger partial charge in [0.1, 0.15) is 5.75 Å². The molecule has 0 saturated carbocycles. The van der Waals surface area contributed by atoms with E-state index in [1.807, 2.05) is 12.3 Å². The Balaban J connectivity index is 1.49. The summed E-state index contributed by atoms with van der Waals surface area (Å²) in [4.78, 5) is 4.39. The number of ether oxygens (including phenoxy) is 1. The van der Waals surface area contributed by atoms with Gasteiger partial charge in [0.25, 0.3) is 0 Å². The standard InChI is InChI=1S/C17H20N2O/c1-13-3-2-8-19-16(13)12-18-9-6-14-4-5-17-15(11-14)7-10-20-17/h2-5,8,11,18H,6-7,9-10,12H2,1H3. The lowest BCUT2D eigenvalue weighted by molar-refractivity contribution is 0.357. The number of fused-ring (bicyclic) bond motifs is 1. The second-order valence-electron chi connectivity index (χ2n) is 5.23. The molecule has 3 heteroatoms. The molecule has 3 nitrogen and oxygen atoms in total. The van der Waals surface area contributed by atoms with Crippen LogP contribution in [-0.4, -0.2) is 18.1 Å². The number of nitrogens with one attached hydrogen (secondary N) is 1. The van der Waals surface area contributed by atoms with E-state index in [-0.39, 0.29) is 0 Å². The predicted octanol–water partition coefficient (Wildman–Crippen LogP) is 2.66. The lowest BCUT2D eigenvalue weighted by Crippen LogP contribution is -2.18. The van der Waals surface area contributed by atoms with Crippen molar-refractivity contribution in [2.75, 3.05) is 13.2 Å². The van der Waals surface area contributed by atoms with Crippen LogP contribution in [0.4, 0.5) is 0 Å². The summed E-state index contributed by atoms with van der Waals surface area (Å²) in [6.45, 7) is 4.73. The maximum atomic E-state index is 5.53. The maximum absolute atomic E-state index is 5.53. The van der Waals surface area contributed by atoms with Crippen LogP contribution in [0, 0.1) is 6.92 Å². The van der Waals surface area contributed by atoms with Crippen LogP contribution in [0.3, 0.4) is 0 Å². The Morgan fingerprint density at radius 3 is 3.15 bits per heavy atom. The Kier molecular flexibility index (Phi) is 3.97. The quantitative estimate of drug-likeness (QED) is 0.847. The highest BCUT2D eigenvalue weighted by atomic mass is 16.5. The van der Waals surface area contributed by atoms with Crippen molar-refractivity contribution in [1.82, 2.24) is 10.3 Å². The van der Waals surface area contributed by atoms with Crippen LogP contribution >= 0.6 is 0 Å². The van der Waals surface area contributed by atoms with Gasteiger partial charge in [0.15, 0.2) is 0 Å². The van der Waals surface area contributed by atoms with Crippen LogP contribution < -0.4 is 10.1 Å². The molecule has 1 aliphatic heterocycles. The van der Waals surface area contributed by atoms with Gasteiger partial charge in [-0.2, -0.15) is 0 Å². The van der Waals surface area contributed by atoms with Crippen molar-refractivity contribution in [3.63, 3.8) is 0 Å². The van der Waals surface area contributed by atoms with Crippen LogP contribution in [0.2, 0.25) is 0 Å². The molecule has 2 aromatic rings. The van der Waals surface area contributed by atoms with Crippen molar-refractivity contribution >= 4 is 0 Å². The van der Waals surface area contributed by atoms with Crippen molar-refractivity contribution < 1.29 is 4.74 Å². The van der Waals surface area contributed by atoms with E-state index >= 15 is 0 Å². The highest BCUT2D eigenvalue weighted by Crippen LogP contribution is 2.25. The molecule has 0 radical (unpaired) electrons. The van der Waals surface area contributed by atoms with Crippen LogP contribution in [0.1, 0.15) is 22.4 Å². The summed E-state index contributed by atoms with van der Waals surface area (Å²) in [6, 6.07) is 10.6. The zero-order valence-corrected chi connectivity index (χ0v) is 11.9. The van der Waals surface area contributed by atoms with Gasteiger partial charge in [0.2, 0.25) is 0 Å². The third-order valence-corrected chi connectivity index (χ3v) is 3.75. The van der Waals surface area contributed by atoms with E-state index in [2.05, 4.69) is 41.5 Å². The molecular weight excluding hydrogens is 248 g/mol. The Labute approximate surface area is 120 Å². The zero-order valence-electron chi connectivity index (χ0n) is 11.9. The molecule has 0 spiro atoms. The summed E-state index contributed by atoms with van der Waals surface area (Å²) in [5.74, 6) is 1.06. The minimum atomic E-state index is 0.829. The average molecular weight is 268 g/mol. The van der Waals surface area contributed by atoms with E-state index in [0.717, 1.165) is 44.0 Å². The van der Waals surface area contributed by atoms with Gasteiger partial charge in [-0.25, -0.2) is 0 Å². The van der Waals surface area contributed by atoms with E-state index in [4.69, 9.17) is 4.74 Å². The van der Waals surface area contributed by atoms with Crippen LogP contribution in [0.25, 0.3) is 0 Å². The molecule has 20 heavy (non-hydrogen) atoms. The number of nitrogens with zero attached hydrogens (tertiary/aromatic N) is 1. The van der Waals surface area contributed by atoms with Gasteiger partial charge in [0, 0.05) is 19.2 Å². The topological polar surface area (TPSA) is 34.2 Å². The van der Waals surface area contributed by atoms with Crippen molar-refractivity contribution in [1.29, 1.82) is 0 Å². The monoisotopic (exact) mass is 268 g/mol. The number of hydrogen-bond donors (Lipinski definition) is 1. The second-order valence-corrected chi connectivity index (χ2v) is 5.23. The molecule has 0 bridgehead atoms. The van der Waals surface area contributed by atoms with Gasteiger partial charge < -0.3 is 10.1 Å². The molecule has 0 aliphatic carbocycles. The fourth-order valence-corrected chi connectivity index (χ4v) is 2.54. The van der Waals surface area contributed by atoms with Gasteiger partial charge in [-0.3, -0.25) is 4.98 Å². The Hall–Kier alpha value is -1.87. The first-order chi connectivity index (χ1) is 9.83. The van der Waals surface area contributed by atoms with E-state index in [1.165, 1.54) is 16.7 Å². The molecule has 0 atom stereocenters. The molecule has 1 aromatic heterocycles. The van der Waals surface area contributed by atoms with Crippen LogP contribution in [0.15, 0.2) is 36.5 Å². The minimum absolute atomic E-state index is 0.829. The average Bonchev–Trinajstić information content (AvgIpc) is 2.93. The van der Waals surface area contributed by atoms with Gasteiger partial charge in [-0.15, -0.1) is 0 Å². The summed E-state index contributed by atoms with van der Waals surface area (Å²) in [6.07, 6.45) is 3.94. The highest BCUT2D eigenvalue weighted by molar-refractivity contribution is 5.39. The molecule has 3 rings (SSSR count). The molecule has 0 fully saturated rings. The van der Waals surface area contributed by atoms with Crippen molar-refractivity contribution in [2.45, 2.75) is 26.3 Å². The van der Waals surface area contributed by atoms with Gasteiger partial charge in [-0.1, -0.05) is 18.2 Å². The first-order valence-electron chi connectivity index (χ1n) is 7.19. The Morgan fingerprint density at radius 1 is 1.30 bits per heavy atom. The third kappa shape index (κ3) is 2.99. The lowest BCUT2D eigenvalue weighted by Gasteiger charge is -2.07. The molecule has 104 valence electrons. The third-order valence-electron chi connectivity index (χ3n) is 3.75. The summed E-state index contributed by atoms with van der Waals surface area (Å²) in [7, 11) is 0. The number of pyridine rings is 1. The molecule has 0 saturated heterocycles. The number of aryl methyl sites for hydroxylation is 1. The SMILES string of the molecule is Cc1cccnc1CNCCc1ccc2c(c1)CCO2. The highest BCUT2D eigenvalue weighted by Gasteiger charge is 2.11. The molecule has 0 unspecified atom stereocenters. The first-order valence-corrected chi connectivity index (χ1v) is 7.19. The summed E-state index contributed by atoms with van der Waals surface area (Å²) >= 11 is 0. The maximum Gasteiger partial charge on any atom is 0.122 e. The fourth-order valence-electron chi connectivity index (χ4n) is 2.54. The largest absolute Gasteiger partial charge is 0.493 e. The van der Waals surface area contributed by atoms with Crippen LogP contribution in [0.5, 0.6) is 5.75 Å². The van der Waals surface area contributed by atoms with Gasteiger partial charge in [-0.05, 0) is 48.7 Å². The minimum Gasteiger partial charge on any atom is -0.493 e. The number of benzene rings is 1. The number of rotatable bonds is 5. The molecule has 1 aromatic carbocycles. The van der Waals surface area contributed by atoms with E-state index < -0.39 is 0 Å². The van der Waals surface area contributed by atoms with Crippen molar-refractivity contribution in [2.24, 2.45) is 0 Å². The summed E-state index contributed by atoms with van der Waals surface area (Å²) in [5, 5.41) is 3.46. The number of hydrogen-bond acceptors (Lipinski definition) is 3. The van der Waals surface area contributed by atoms with Crippen LogP contribution in [-0.2, 0) is 19.4 Å². The zero-order chi connectivity index (χ0) is 13.8. The summed E-state index contributed by atoms with van der Waals surface area (Å²) in [5.41, 5.74) is 5.10. The Morgan fingerprint density at radius 2 is 2.25 bits per heavy atom. The normalized spacial score (nSPS) is 13.1. The van der Waals surface area contributed by atoms with Gasteiger partial charge in [0.05, 0.1) is 12.3 Å².